The zero-order valence-corrected chi connectivity index (χ0v) is 16.2. The number of hydrogen-bond donors (Lipinski definition) is 2. The van der Waals surface area contributed by atoms with Gasteiger partial charge >= 0.3 is 5.97 Å². The number of carboxylic acids is 1. The lowest BCUT2D eigenvalue weighted by atomic mass is 10.0. The van der Waals surface area contributed by atoms with E-state index in [-0.39, 0.29) is 4.90 Å². The summed E-state index contributed by atoms with van der Waals surface area (Å²) in [5.41, 5.74) is 0.487. The molecule has 0 amide bonds. The highest BCUT2D eigenvalue weighted by molar-refractivity contribution is 7.89. The van der Waals surface area contributed by atoms with Crippen molar-refractivity contribution in [1.29, 1.82) is 0 Å². The first kappa shape index (κ1) is 19.2. The van der Waals surface area contributed by atoms with Crippen LogP contribution < -0.4 is 14.2 Å². The van der Waals surface area contributed by atoms with Crippen molar-refractivity contribution in [3.8, 4) is 11.5 Å². The Balaban J connectivity index is 1.67. The number of aliphatic carboxylic acids is 1. The fraction of sp³-hybridized carbons (Fsp3) is 0.190. The summed E-state index contributed by atoms with van der Waals surface area (Å²) >= 11 is 0. The molecule has 0 saturated heterocycles. The lowest BCUT2D eigenvalue weighted by Gasteiger charge is -2.22. The van der Waals surface area contributed by atoms with Gasteiger partial charge in [-0.05, 0) is 40.6 Å². The van der Waals surface area contributed by atoms with E-state index in [4.69, 9.17) is 9.47 Å². The van der Waals surface area contributed by atoms with E-state index >= 15 is 0 Å². The van der Waals surface area contributed by atoms with Crippen LogP contribution in [-0.4, -0.2) is 32.7 Å². The summed E-state index contributed by atoms with van der Waals surface area (Å²) in [5.74, 6) is -0.105. The van der Waals surface area contributed by atoms with E-state index < -0.39 is 28.5 Å². The first-order valence-electron chi connectivity index (χ1n) is 9.05. The van der Waals surface area contributed by atoms with Crippen molar-refractivity contribution in [2.75, 3.05) is 13.2 Å². The van der Waals surface area contributed by atoms with Crippen LogP contribution in [0.15, 0.2) is 65.6 Å². The Hall–Kier alpha value is -3.10. The number of benzene rings is 3. The molecule has 1 heterocycles. The van der Waals surface area contributed by atoms with E-state index in [1.807, 2.05) is 24.3 Å². The van der Waals surface area contributed by atoms with Gasteiger partial charge in [0, 0.05) is 0 Å². The molecule has 0 aromatic heterocycles. The van der Waals surface area contributed by atoms with Crippen molar-refractivity contribution >= 4 is 26.8 Å². The van der Waals surface area contributed by atoms with E-state index in [1.54, 1.807) is 30.3 Å². The minimum absolute atomic E-state index is 0.0733. The van der Waals surface area contributed by atoms with Gasteiger partial charge in [-0.3, -0.25) is 4.79 Å². The predicted octanol–water partition coefficient (Wildman–Crippen LogP) is 3.11. The van der Waals surface area contributed by atoms with Crippen LogP contribution in [0.25, 0.3) is 10.8 Å². The first-order chi connectivity index (χ1) is 13.9. The summed E-state index contributed by atoms with van der Waals surface area (Å²) in [4.78, 5) is 11.5. The molecule has 1 unspecified atom stereocenters. The van der Waals surface area contributed by atoms with Crippen LogP contribution in [0, 0.1) is 0 Å². The largest absolute Gasteiger partial charge is 0.486 e. The number of rotatable bonds is 6. The Bertz CT molecular complexity index is 1170. The maximum absolute atomic E-state index is 13.0. The summed E-state index contributed by atoms with van der Waals surface area (Å²) in [5, 5.41) is 11.0. The molecule has 0 saturated carbocycles. The van der Waals surface area contributed by atoms with E-state index in [0.29, 0.717) is 30.3 Å². The molecular formula is C21H19NO6S. The molecule has 150 valence electrons. The molecule has 0 spiro atoms. The second kappa shape index (κ2) is 7.73. The Labute approximate surface area is 167 Å². The summed E-state index contributed by atoms with van der Waals surface area (Å²) in [7, 11) is -3.95. The highest BCUT2D eigenvalue weighted by atomic mass is 32.2. The zero-order chi connectivity index (χ0) is 20.4. The molecule has 0 bridgehead atoms. The average molecular weight is 413 g/mol. The predicted molar refractivity (Wildman–Crippen MR) is 107 cm³/mol. The van der Waals surface area contributed by atoms with Crippen molar-refractivity contribution in [2.45, 2.75) is 17.4 Å². The topological polar surface area (TPSA) is 102 Å². The number of nitrogens with one attached hydrogen (secondary N) is 1. The van der Waals surface area contributed by atoms with Gasteiger partial charge in [0.25, 0.3) is 0 Å². The van der Waals surface area contributed by atoms with Gasteiger partial charge in [-0.2, -0.15) is 0 Å². The SMILES string of the molecule is O=C(O)CC(NS(=O)(=O)c1ccc2ccccc2c1)c1ccc2c(c1)OCCO2. The molecule has 0 aliphatic carbocycles. The molecule has 0 fully saturated rings. The van der Waals surface area contributed by atoms with Crippen molar-refractivity contribution in [3.63, 3.8) is 0 Å². The molecule has 1 atom stereocenters. The number of carboxylic acid groups (broad SMARTS) is 1. The molecule has 1 aliphatic heterocycles. The third kappa shape index (κ3) is 4.18. The Kier molecular flexibility index (Phi) is 5.12. The fourth-order valence-electron chi connectivity index (χ4n) is 3.27. The van der Waals surface area contributed by atoms with Crippen LogP contribution in [0.3, 0.4) is 0 Å². The molecule has 8 heteroatoms. The van der Waals surface area contributed by atoms with Crippen LogP contribution in [-0.2, 0) is 14.8 Å². The van der Waals surface area contributed by atoms with Crippen molar-refractivity contribution in [3.05, 3.63) is 66.2 Å². The smallest absolute Gasteiger partial charge is 0.305 e. The molecule has 4 rings (SSSR count). The van der Waals surface area contributed by atoms with Crippen molar-refractivity contribution in [1.82, 2.24) is 4.72 Å². The third-order valence-corrected chi connectivity index (χ3v) is 6.15. The van der Waals surface area contributed by atoms with Gasteiger partial charge in [0.05, 0.1) is 17.4 Å². The van der Waals surface area contributed by atoms with Gasteiger partial charge in [0.1, 0.15) is 13.2 Å². The molecule has 2 N–H and O–H groups in total. The number of ether oxygens (including phenoxy) is 2. The number of sulfonamides is 1. The van der Waals surface area contributed by atoms with E-state index in [1.165, 1.54) is 6.07 Å². The number of carbonyl (C=O) groups is 1. The van der Waals surface area contributed by atoms with E-state index in [9.17, 15) is 18.3 Å². The highest BCUT2D eigenvalue weighted by Crippen LogP contribution is 2.34. The second-order valence-corrected chi connectivity index (χ2v) is 8.40. The van der Waals surface area contributed by atoms with Crippen molar-refractivity contribution in [2.24, 2.45) is 0 Å². The summed E-state index contributed by atoms with van der Waals surface area (Å²) in [6.07, 6.45) is -0.410. The standard InChI is InChI=1S/C21H19NO6S/c23-21(24)13-18(16-6-8-19-20(12-16)28-10-9-27-19)22-29(25,26)17-7-5-14-3-1-2-4-15(14)11-17/h1-8,11-12,18,22H,9-10,13H2,(H,23,24). The van der Waals surface area contributed by atoms with Gasteiger partial charge in [0.15, 0.2) is 11.5 Å². The fourth-order valence-corrected chi connectivity index (χ4v) is 4.53. The third-order valence-electron chi connectivity index (χ3n) is 4.68. The normalized spacial score (nSPS) is 14.5. The van der Waals surface area contributed by atoms with Crippen molar-refractivity contribution < 1.29 is 27.8 Å². The molecular weight excluding hydrogens is 394 g/mol. The monoisotopic (exact) mass is 413 g/mol. The van der Waals surface area contributed by atoms with Gasteiger partial charge in [-0.25, -0.2) is 13.1 Å². The molecule has 1 aliphatic rings. The minimum Gasteiger partial charge on any atom is -0.486 e. The van der Waals surface area contributed by atoms with Gasteiger partial charge < -0.3 is 14.6 Å². The highest BCUT2D eigenvalue weighted by Gasteiger charge is 2.25. The minimum atomic E-state index is -3.95. The van der Waals surface area contributed by atoms with Crippen LogP contribution >= 0.6 is 0 Å². The first-order valence-corrected chi connectivity index (χ1v) is 10.5. The molecule has 3 aromatic carbocycles. The van der Waals surface area contributed by atoms with Crippen LogP contribution in [0.4, 0.5) is 0 Å². The summed E-state index contributed by atoms with van der Waals surface area (Å²) in [6.45, 7) is 0.808. The van der Waals surface area contributed by atoms with Gasteiger partial charge in [0.2, 0.25) is 10.0 Å². The molecule has 29 heavy (non-hydrogen) atoms. The Morgan fingerprint density at radius 2 is 1.69 bits per heavy atom. The maximum atomic E-state index is 13.0. The van der Waals surface area contributed by atoms with Gasteiger partial charge in [-0.1, -0.05) is 36.4 Å². The number of hydrogen-bond acceptors (Lipinski definition) is 5. The molecule has 7 nitrogen and oxygen atoms in total. The maximum Gasteiger partial charge on any atom is 0.305 e. The van der Waals surface area contributed by atoms with E-state index in [0.717, 1.165) is 10.8 Å². The van der Waals surface area contributed by atoms with E-state index in [2.05, 4.69) is 4.72 Å². The Morgan fingerprint density at radius 1 is 0.966 bits per heavy atom. The zero-order valence-electron chi connectivity index (χ0n) is 15.4. The van der Waals surface area contributed by atoms with Crippen LogP contribution in [0.2, 0.25) is 0 Å². The molecule has 3 aromatic rings. The van der Waals surface area contributed by atoms with Gasteiger partial charge in [-0.15, -0.1) is 0 Å². The van der Waals surface area contributed by atoms with Crippen LogP contribution in [0.1, 0.15) is 18.0 Å². The van der Waals surface area contributed by atoms with Crippen LogP contribution in [0.5, 0.6) is 11.5 Å². The lowest BCUT2D eigenvalue weighted by molar-refractivity contribution is -0.137. The lowest BCUT2D eigenvalue weighted by Crippen LogP contribution is -2.30. The second-order valence-electron chi connectivity index (χ2n) is 6.68. The average Bonchev–Trinajstić information content (AvgIpc) is 2.72. The quantitative estimate of drug-likeness (QED) is 0.644. The number of fused-ring (bicyclic) bond motifs is 2. The summed E-state index contributed by atoms with van der Waals surface area (Å²) < 4.78 is 39.5. The summed E-state index contributed by atoms with van der Waals surface area (Å²) in [6, 6.07) is 16.2. The molecule has 0 radical (unpaired) electrons. The Morgan fingerprint density at radius 3 is 2.45 bits per heavy atom.